The number of rotatable bonds is 7. The van der Waals surface area contributed by atoms with Gasteiger partial charge < -0.3 is 14.8 Å². The van der Waals surface area contributed by atoms with Gasteiger partial charge in [-0.15, -0.1) is 0 Å². The molecule has 0 spiro atoms. The molecule has 108 valence electrons. The van der Waals surface area contributed by atoms with Crippen molar-refractivity contribution in [3.05, 3.63) is 42.0 Å². The first-order valence-electron chi connectivity index (χ1n) is 7.03. The first kappa shape index (κ1) is 14.8. The molecule has 1 N–H and O–H groups in total. The fraction of sp³-hybridized carbons (Fsp3) is 0.412. The predicted octanol–water partition coefficient (Wildman–Crippen LogP) is 3.02. The van der Waals surface area contributed by atoms with E-state index in [2.05, 4.69) is 48.6 Å². The van der Waals surface area contributed by atoms with E-state index in [1.807, 2.05) is 0 Å². The smallest absolute Gasteiger partial charge is 0.122 e. The quantitative estimate of drug-likeness (QED) is 0.841. The van der Waals surface area contributed by atoms with E-state index in [9.17, 15) is 0 Å². The van der Waals surface area contributed by atoms with Crippen molar-refractivity contribution in [1.82, 2.24) is 5.32 Å². The van der Waals surface area contributed by atoms with Gasteiger partial charge in [0.2, 0.25) is 0 Å². The maximum atomic E-state index is 5.51. The van der Waals surface area contributed by atoms with Crippen LogP contribution in [-0.4, -0.2) is 33.4 Å². The minimum absolute atomic E-state index is 0.362. The molecular formula is C17H23NO2. The lowest BCUT2D eigenvalue weighted by Crippen LogP contribution is -2.31. The molecule has 0 aliphatic carbocycles. The molecule has 0 fully saturated rings. The summed E-state index contributed by atoms with van der Waals surface area (Å²) in [6, 6.07) is 13.0. The Kier molecular flexibility index (Phi) is 5.39. The van der Waals surface area contributed by atoms with E-state index in [1.165, 1.54) is 16.3 Å². The monoisotopic (exact) mass is 273 g/mol. The summed E-state index contributed by atoms with van der Waals surface area (Å²) in [4.78, 5) is 0. The number of nitrogens with one attached hydrogen (secondary N) is 1. The van der Waals surface area contributed by atoms with Crippen LogP contribution in [0, 0.1) is 0 Å². The van der Waals surface area contributed by atoms with Crippen LogP contribution >= 0.6 is 0 Å². The number of hydrogen-bond acceptors (Lipinski definition) is 3. The Hall–Kier alpha value is -1.58. The molecule has 1 unspecified atom stereocenters. The van der Waals surface area contributed by atoms with Gasteiger partial charge in [-0.1, -0.05) is 30.3 Å². The molecule has 2 aromatic rings. The molecule has 0 saturated heterocycles. The van der Waals surface area contributed by atoms with Gasteiger partial charge in [0.05, 0.1) is 13.7 Å². The van der Waals surface area contributed by atoms with E-state index >= 15 is 0 Å². The van der Waals surface area contributed by atoms with Crippen molar-refractivity contribution in [3.63, 3.8) is 0 Å². The Morgan fingerprint density at radius 3 is 2.65 bits per heavy atom. The van der Waals surface area contributed by atoms with Gasteiger partial charge >= 0.3 is 0 Å². The summed E-state index contributed by atoms with van der Waals surface area (Å²) in [5.74, 6) is 0.963. The lowest BCUT2D eigenvalue weighted by Gasteiger charge is -2.15. The first-order valence-corrected chi connectivity index (χ1v) is 7.03. The number of ether oxygens (including phenoxy) is 2. The van der Waals surface area contributed by atoms with Crippen LogP contribution in [0.1, 0.15) is 12.5 Å². The van der Waals surface area contributed by atoms with Crippen molar-refractivity contribution in [2.45, 2.75) is 19.4 Å². The molecule has 3 heteroatoms. The van der Waals surface area contributed by atoms with E-state index in [4.69, 9.17) is 9.47 Å². The Morgan fingerprint density at radius 1 is 1.10 bits per heavy atom. The Bertz CT molecular complexity index is 554. The zero-order chi connectivity index (χ0) is 14.4. The molecule has 0 aromatic heterocycles. The third-order valence-corrected chi connectivity index (χ3v) is 3.50. The van der Waals surface area contributed by atoms with E-state index in [-0.39, 0.29) is 0 Å². The SMILES string of the molecule is COCC(C)NCCc1c(OC)ccc2ccccc12. The van der Waals surface area contributed by atoms with E-state index < -0.39 is 0 Å². The molecule has 0 saturated carbocycles. The van der Waals surface area contributed by atoms with Crippen LogP contribution in [-0.2, 0) is 11.2 Å². The number of fused-ring (bicyclic) bond motifs is 1. The Labute approximate surface area is 120 Å². The standard InChI is InChI=1S/C17H23NO2/c1-13(12-19-2)18-11-10-16-15-7-5-4-6-14(15)8-9-17(16)20-3/h4-9,13,18H,10-12H2,1-3H3. The Balaban J connectivity index is 2.15. The molecule has 2 aromatic carbocycles. The van der Waals surface area contributed by atoms with E-state index in [0.29, 0.717) is 6.04 Å². The van der Waals surface area contributed by atoms with Gasteiger partial charge in [-0.05, 0) is 36.7 Å². The molecule has 2 rings (SSSR count). The third kappa shape index (κ3) is 3.50. The molecule has 0 amide bonds. The summed E-state index contributed by atoms with van der Waals surface area (Å²) in [6.45, 7) is 3.77. The molecule has 0 aliphatic rings. The zero-order valence-electron chi connectivity index (χ0n) is 12.5. The molecule has 20 heavy (non-hydrogen) atoms. The normalized spacial score (nSPS) is 12.6. The molecule has 0 bridgehead atoms. The fourth-order valence-electron chi connectivity index (χ4n) is 2.52. The van der Waals surface area contributed by atoms with E-state index in [0.717, 1.165) is 25.3 Å². The minimum atomic E-state index is 0.362. The summed E-state index contributed by atoms with van der Waals surface area (Å²) >= 11 is 0. The van der Waals surface area contributed by atoms with Crippen molar-refractivity contribution in [3.8, 4) is 5.75 Å². The average Bonchev–Trinajstić information content (AvgIpc) is 2.47. The molecule has 0 aliphatic heterocycles. The van der Waals surface area contributed by atoms with Gasteiger partial charge in [0.25, 0.3) is 0 Å². The molecule has 0 radical (unpaired) electrons. The highest BCUT2D eigenvalue weighted by Gasteiger charge is 2.08. The highest BCUT2D eigenvalue weighted by Crippen LogP contribution is 2.28. The number of methoxy groups -OCH3 is 2. The summed E-state index contributed by atoms with van der Waals surface area (Å²) < 4.78 is 10.6. The fourth-order valence-corrected chi connectivity index (χ4v) is 2.52. The van der Waals surface area contributed by atoms with Crippen LogP contribution in [0.15, 0.2) is 36.4 Å². The van der Waals surface area contributed by atoms with Crippen LogP contribution in [0.4, 0.5) is 0 Å². The molecule has 1 atom stereocenters. The maximum absolute atomic E-state index is 5.51. The van der Waals surface area contributed by atoms with Gasteiger partial charge in [0.15, 0.2) is 0 Å². The van der Waals surface area contributed by atoms with Gasteiger partial charge in [0.1, 0.15) is 5.75 Å². The summed E-state index contributed by atoms with van der Waals surface area (Å²) in [7, 11) is 3.46. The first-order chi connectivity index (χ1) is 9.76. The van der Waals surface area contributed by atoms with Crippen molar-refractivity contribution < 1.29 is 9.47 Å². The topological polar surface area (TPSA) is 30.5 Å². The van der Waals surface area contributed by atoms with Crippen molar-refractivity contribution in [2.75, 3.05) is 27.4 Å². The van der Waals surface area contributed by atoms with Crippen molar-refractivity contribution in [2.24, 2.45) is 0 Å². The minimum Gasteiger partial charge on any atom is -0.496 e. The van der Waals surface area contributed by atoms with Gasteiger partial charge in [-0.3, -0.25) is 0 Å². The molecule has 3 nitrogen and oxygen atoms in total. The third-order valence-electron chi connectivity index (χ3n) is 3.50. The van der Waals surface area contributed by atoms with Crippen molar-refractivity contribution >= 4 is 10.8 Å². The highest BCUT2D eigenvalue weighted by atomic mass is 16.5. The lowest BCUT2D eigenvalue weighted by molar-refractivity contribution is 0.172. The summed E-state index contributed by atoms with van der Waals surface area (Å²) in [5, 5.41) is 6.00. The maximum Gasteiger partial charge on any atom is 0.122 e. The summed E-state index contributed by atoms with van der Waals surface area (Å²) in [5.41, 5.74) is 1.27. The van der Waals surface area contributed by atoms with Crippen LogP contribution in [0.3, 0.4) is 0 Å². The average molecular weight is 273 g/mol. The largest absolute Gasteiger partial charge is 0.496 e. The lowest BCUT2D eigenvalue weighted by atomic mass is 10.0. The highest BCUT2D eigenvalue weighted by molar-refractivity contribution is 5.87. The molecule has 0 heterocycles. The van der Waals surface area contributed by atoms with Crippen LogP contribution < -0.4 is 10.1 Å². The van der Waals surface area contributed by atoms with Gasteiger partial charge in [0, 0.05) is 18.7 Å². The number of benzene rings is 2. The van der Waals surface area contributed by atoms with E-state index in [1.54, 1.807) is 14.2 Å². The second kappa shape index (κ2) is 7.27. The zero-order valence-corrected chi connectivity index (χ0v) is 12.5. The van der Waals surface area contributed by atoms with Gasteiger partial charge in [-0.2, -0.15) is 0 Å². The summed E-state index contributed by atoms with van der Waals surface area (Å²) in [6.07, 6.45) is 0.943. The van der Waals surface area contributed by atoms with Crippen molar-refractivity contribution in [1.29, 1.82) is 0 Å². The van der Waals surface area contributed by atoms with Crippen LogP contribution in [0.2, 0.25) is 0 Å². The second-order valence-corrected chi connectivity index (χ2v) is 5.03. The van der Waals surface area contributed by atoms with Gasteiger partial charge in [-0.25, -0.2) is 0 Å². The number of hydrogen-bond donors (Lipinski definition) is 1. The van der Waals surface area contributed by atoms with Crippen LogP contribution in [0.25, 0.3) is 10.8 Å². The predicted molar refractivity (Wildman–Crippen MR) is 83.5 cm³/mol. The van der Waals surface area contributed by atoms with Crippen LogP contribution in [0.5, 0.6) is 5.75 Å². The second-order valence-electron chi connectivity index (χ2n) is 5.03. The Morgan fingerprint density at radius 2 is 1.90 bits per heavy atom. The molecular weight excluding hydrogens is 250 g/mol.